The molecule has 0 aliphatic carbocycles. The molecule has 100 valence electrons. The molecule has 1 aromatic carbocycles. The molecule has 1 atom stereocenters. The van der Waals surface area contributed by atoms with Crippen LogP contribution in [-0.2, 0) is 11.3 Å². The molecule has 18 heavy (non-hydrogen) atoms. The van der Waals surface area contributed by atoms with Gasteiger partial charge in [0.25, 0.3) is 0 Å². The van der Waals surface area contributed by atoms with Crippen molar-refractivity contribution in [2.75, 3.05) is 25.2 Å². The number of aliphatic hydroxyl groups excluding tert-OH is 2. The van der Waals surface area contributed by atoms with Gasteiger partial charge < -0.3 is 15.1 Å². The van der Waals surface area contributed by atoms with Gasteiger partial charge in [0, 0.05) is 19.3 Å². The van der Waals surface area contributed by atoms with E-state index in [0.717, 1.165) is 5.56 Å². The first kappa shape index (κ1) is 15.0. The van der Waals surface area contributed by atoms with E-state index in [-0.39, 0.29) is 12.5 Å². The number of nitrogens with zero attached hydrogens (tertiary/aromatic N) is 1. The summed E-state index contributed by atoms with van der Waals surface area (Å²) in [6.45, 7) is 0.323. The summed E-state index contributed by atoms with van der Waals surface area (Å²) in [5.74, 6) is 0.718. The number of rotatable bonds is 7. The molecule has 0 saturated heterocycles. The van der Waals surface area contributed by atoms with Gasteiger partial charge in [0.2, 0.25) is 5.91 Å². The van der Waals surface area contributed by atoms with Gasteiger partial charge in [0.15, 0.2) is 0 Å². The van der Waals surface area contributed by atoms with E-state index in [1.165, 1.54) is 11.8 Å². The first-order valence-electron chi connectivity index (χ1n) is 5.78. The van der Waals surface area contributed by atoms with Gasteiger partial charge in [-0.2, -0.15) is 0 Å². The Morgan fingerprint density at radius 2 is 2.06 bits per heavy atom. The summed E-state index contributed by atoms with van der Waals surface area (Å²) in [7, 11) is 1.76. The number of hydrogen-bond donors (Lipinski definition) is 2. The molecule has 1 rings (SSSR count). The second-order valence-corrected chi connectivity index (χ2v) is 5.12. The lowest BCUT2D eigenvalue weighted by Crippen LogP contribution is -2.28. The minimum atomic E-state index is -0.748. The monoisotopic (exact) mass is 269 g/mol. The maximum atomic E-state index is 11.8. The Balaban J connectivity index is 2.29. The highest BCUT2D eigenvalue weighted by molar-refractivity contribution is 7.99. The summed E-state index contributed by atoms with van der Waals surface area (Å²) in [5.41, 5.74) is 1.09. The maximum Gasteiger partial charge on any atom is 0.232 e. The SMILES string of the molecule is CN(Cc1ccccc1)C(=O)CSCC(O)CO. The van der Waals surface area contributed by atoms with Gasteiger partial charge in [0.05, 0.1) is 18.5 Å². The highest BCUT2D eigenvalue weighted by Crippen LogP contribution is 2.07. The van der Waals surface area contributed by atoms with Crippen molar-refractivity contribution < 1.29 is 15.0 Å². The zero-order valence-electron chi connectivity index (χ0n) is 10.5. The fourth-order valence-electron chi connectivity index (χ4n) is 1.39. The molecule has 1 aromatic rings. The minimum absolute atomic E-state index is 0.0222. The number of carbonyl (C=O) groups excluding carboxylic acids is 1. The zero-order valence-corrected chi connectivity index (χ0v) is 11.3. The van der Waals surface area contributed by atoms with Crippen molar-refractivity contribution in [3.8, 4) is 0 Å². The Bertz CT molecular complexity index is 359. The average molecular weight is 269 g/mol. The maximum absolute atomic E-state index is 11.8. The molecule has 2 N–H and O–H groups in total. The Hall–Kier alpha value is -1.04. The van der Waals surface area contributed by atoms with Crippen LogP contribution >= 0.6 is 11.8 Å². The molecule has 1 unspecified atom stereocenters. The third kappa shape index (κ3) is 5.53. The van der Waals surface area contributed by atoms with Crippen molar-refractivity contribution in [2.45, 2.75) is 12.6 Å². The van der Waals surface area contributed by atoms with Crippen molar-refractivity contribution in [1.82, 2.24) is 4.90 Å². The standard InChI is InChI=1S/C13H19NO3S/c1-14(7-11-5-3-2-4-6-11)13(17)10-18-9-12(16)8-15/h2-6,12,15-16H,7-10H2,1H3. The van der Waals surface area contributed by atoms with Crippen LogP contribution in [0.15, 0.2) is 30.3 Å². The molecular formula is C13H19NO3S. The van der Waals surface area contributed by atoms with Gasteiger partial charge in [-0.1, -0.05) is 30.3 Å². The van der Waals surface area contributed by atoms with E-state index in [4.69, 9.17) is 10.2 Å². The van der Waals surface area contributed by atoms with Crippen molar-refractivity contribution in [2.24, 2.45) is 0 Å². The molecule has 0 aliphatic rings. The number of carbonyl (C=O) groups is 1. The van der Waals surface area contributed by atoms with Crippen LogP contribution in [0.4, 0.5) is 0 Å². The lowest BCUT2D eigenvalue weighted by atomic mass is 10.2. The van der Waals surface area contributed by atoms with Crippen LogP contribution in [0.25, 0.3) is 0 Å². The van der Waals surface area contributed by atoms with E-state index in [9.17, 15) is 4.79 Å². The predicted octanol–water partition coefficient (Wildman–Crippen LogP) is 0.731. The first-order chi connectivity index (χ1) is 8.63. The van der Waals surface area contributed by atoms with E-state index in [1.54, 1.807) is 11.9 Å². The van der Waals surface area contributed by atoms with Crippen LogP contribution in [0.5, 0.6) is 0 Å². The van der Waals surface area contributed by atoms with Gasteiger partial charge in [-0.3, -0.25) is 4.79 Å². The Labute approximate surface area is 112 Å². The summed E-state index contributed by atoms with van der Waals surface area (Å²) < 4.78 is 0. The lowest BCUT2D eigenvalue weighted by Gasteiger charge is -2.17. The topological polar surface area (TPSA) is 60.8 Å². The van der Waals surface area contributed by atoms with E-state index in [2.05, 4.69) is 0 Å². The molecule has 0 aromatic heterocycles. The van der Waals surface area contributed by atoms with E-state index >= 15 is 0 Å². The van der Waals surface area contributed by atoms with Gasteiger partial charge in [-0.15, -0.1) is 11.8 Å². The second-order valence-electron chi connectivity index (χ2n) is 4.09. The molecule has 4 nitrogen and oxygen atoms in total. The third-order valence-corrected chi connectivity index (χ3v) is 3.51. The fraction of sp³-hybridized carbons (Fsp3) is 0.462. The van der Waals surface area contributed by atoms with Crippen molar-refractivity contribution in [3.63, 3.8) is 0 Å². The van der Waals surface area contributed by atoms with Gasteiger partial charge in [-0.05, 0) is 5.56 Å². The Morgan fingerprint density at radius 3 is 2.67 bits per heavy atom. The molecule has 0 aliphatic heterocycles. The molecule has 0 spiro atoms. The van der Waals surface area contributed by atoms with Crippen LogP contribution in [0.3, 0.4) is 0 Å². The highest BCUT2D eigenvalue weighted by atomic mass is 32.2. The quantitative estimate of drug-likeness (QED) is 0.766. The number of thioether (sulfide) groups is 1. The van der Waals surface area contributed by atoms with Crippen LogP contribution < -0.4 is 0 Å². The minimum Gasteiger partial charge on any atom is -0.394 e. The van der Waals surface area contributed by atoms with E-state index in [0.29, 0.717) is 18.1 Å². The van der Waals surface area contributed by atoms with Crippen LogP contribution in [0.1, 0.15) is 5.56 Å². The highest BCUT2D eigenvalue weighted by Gasteiger charge is 2.10. The van der Waals surface area contributed by atoms with Crippen LogP contribution in [0, 0.1) is 0 Å². The third-order valence-electron chi connectivity index (χ3n) is 2.43. The number of hydrogen-bond acceptors (Lipinski definition) is 4. The average Bonchev–Trinajstić information content (AvgIpc) is 2.39. The predicted molar refractivity (Wildman–Crippen MR) is 73.3 cm³/mol. The second kappa shape index (κ2) is 8.13. The Morgan fingerprint density at radius 1 is 1.39 bits per heavy atom. The smallest absolute Gasteiger partial charge is 0.232 e. The molecule has 5 heteroatoms. The molecule has 1 amide bonds. The largest absolute Gasteiger partial charge is 0.394 e. The Kier molecular flexibility index (Phi) is 6.78. The normalized spacial score (nSPS) is 12.2. The van der Waals surface area contributed by atoms with Gasteiger partial charge in [-0.25, -0.2) is 0 Å². The number of amides is 1. The van der Waals surface area contributed by atoms with Crippen LogP contribution in [0.2, 0.25) is 0 Å². The molecule has 0 fully saturated rings. The molecule has 0 radical (unpaired) electrons. The van der Waals surface area contributed by atoms with Gasteiger partial charge >= 0.3 is 0 Å². The number of benzene rings is 1. The summed E-state index contributed by atoms with van der Waals surface area (Å²) in [5, 5.41) is 17.8. The summed E-state index contributed by atoms with van der Waals surface area (Å²) in [6, 6.07) is 9.79. The summed E-state index contributed by atoms with van der Waals surface area (Å²) in [4.78, 5) is 13.4. The fourth-order valence-corrected chi connectivity index (χ4v) is 2.28. The van der Waals surface area contributed by atoms with E-state index < -0.39 is 6.10 Å². The van der Waals surface area contributed by atoms with Crippen molar-refractivity contribution in [3.05, 3.63) is 35.9 Å². The number of aliphatic hydroxyl groups is 2. The molecule has 0 saturated carbocycles. The van der Waals surface area contributed by atoms with Gasteiger partial charge in [0.1, 0.15) is 0 Å². The van der Waals surface area contributed by atoms with E-state index in [1.807, 2.05) is 30.3 Å². The summed E-state index contributed by atoms with van der Waals surface area (Å²) >= 11 is 1.33. The van der Waals surface area contributed by atoms with Crippen molar-refractivity contribution in [1.29, 1.82) is 0 Å². The molecule has 0 bridgehead atoms. The van der Waals surface area contributed by atoms with Crippen LogP contribution in [-0.4, -0.2) is 52.3 Å². The zero-order chi connectivity index (χ0) is 13.4. The lowest BCUT2D eigenvalue weighted by molar-refractivity contribution is -0.127. The van der Waals surface area contributed by atoms with Crippen molar-refractivity contribution >= 4 is 17.7 Å². The molecular weight excluding hydrogens is 250 g/mol. The summed E-state index contributed by atoms with van der Waals surface area (Å²) in [6.07, 6.45) is -0.748. The first-order valence-corrected chi connectivity index (χ1v) is 6.93. The molecule has 0 heterocycles.